The second-order valence-electron chi connectivity index (χ2n) is 4.65. The zero-order valence-corrected chi connectivity index (χ0v) is 11.5. The molecule has 0 saturated carbocycles. The maximum absolute atomic E-state index is 13.4. The van der Waals surface area contributed by atoms with Gasteiger partial charge in [0.05, 0.1) is 5.69 Å². The molecule has 2 aromatic rings. The fourth-order valence-corrected chi connectivity index (χ4v) is 2.06. The second kappa shape index (κ2) is 5.74. The van der Waals surface area contributed by atoms with Crippen LogP contribution in [0.1, 0.15) is 28.4 Å². The van der Waals surface area contributed by atoms with Crippen molar-refractivity contribution in [3.05, 3.63) is 58.9 Å². The Morgan fingerprint density at radius 3 is 2.70 bits per heavy atom. The lowest BCUT2D eigenvalue weighted by Gasteiger charge is -2.13. The van der Waals surface area contributed by atoms with Gasteiger partial charge in [0.25, 0.3) is 5.91 Å². The van der Waals surface area contributed by atoms with Crippen LogP contribution < -0.4 is 11.1 Å². The summed E-state index contributed by atoms with van der Waals surface area (Å²) in [7, 11) is 0. The molecule has 104 valence electrons. The summed E-state index contributed by atoms with van der Waals surface area (Å²) in [6.45, 7) is 3.95. The Bertz CT molecular complexity index is 653. The van der Waals surface area contributed by atoms with E-state index in [0.717, 1.165) is 29.3 Å². The van der Waals surface area contributed by atoms with Gasteiger partial charge in [-0.3, -0.25) is 4.79 Å². The number of amides is 1. The van der Waals surface area contributed by atoms with Crippen LogP contribution in [0.15, 0.2) is 36.4 Å². The van der Waals surface area contributed by atoms with Crippen LogP contribution in [0.2, 0.25) is 0 Å². The molecule has 2 rings (SSSR count). The fourth-order valence-electron chi connectivity index (χ4n) is 2.06. The summed E-state index contributed by atoms with van der Waals surface area (Å²) in [6.07, 6.45) is 0.813. The molecule has 0 aromatic heterocycles. The molecule has 3 N–H and O–H groups in total. The maximum Gasteiger partial charge on any atom is 0.255 e. The predicted molar refractivity (Wildman–Crippen MR) is 79.3 cm³/mol. The van der Waals surface area contributed by atoms with Crippen molar-refractivity contribution in [2.45, 2.75) is 20.3 Å². The number of hydrogen-bond donors (Lipinski definition) is 2. The molecule has 0 aliphatic rings. The maximum atomic E-state index is 13.4. The van der Waals surface area contributed by atoms with Crippen LogP contribution in [-0.2, 0) is 6.42 Å². The number of nitrogens with two attached hydrogens (primary N) is 1. The normalized spacial score (nSPS) is 10.3. The van der Waals surface area contributed by atoms with Gasteiger partial charge in [-0.25, -0.2) is 4.39 Å². The highest BCUT2D eigenvalue weighted by atomic mass is 19.1. The number of halogens is 1. The first-order valence-corrected chi connectivity index (χ1v) is 6.47. The highest BCUT2D eigenvalue weighted by Crippen LogP contribution is 2.22. The Labute approximate surface area is 117 Å². The first-order valence-electron chi connectivity index (χ1n) is 6.47. The summed E-state index contributed by atoms with van der Waals surface area (Å²) < 4.78 is 13.4. The summed E-state index contributed by atoms with van der Waals surface area (Å²) in [4.78, 5) is 12.2. The van der Waals surface area contributed by atoms with E-state index in [4.69, 9.17) is 5.73 Å². The van der Waals surface area contributed by atoms with Gasteiger partial charge in [-0.05, 0) is 42.7 Å². The monoisotopic (exact) mass is 272 g/mol. The van der Waals surface area contributed by atoms with Crippen molar-refractivity contribution in [2.24, 2.45) is 0 Å². The van der Waals surface area contributed by atoms with Crippen molar-refractivity contribution >= 4 is 17.3 Å². The molecule has 0 saturated heterocycles. The van der Waals surface area contributed by atoms with Gasteiger partial charge in [0, 0.05) is 11.3 Å². The number of carbonyl (C=O) groups excluding carboxylic acids is 1. The molecule has 2 aromatic carbocycles. The summed E-state index contributed by atoms with van der Waals surface area (Å²) in [6, 6.07) is 9.90. The molecule has 0 spiro atoms. The van der Waals surface area contributed by atoms with Crippen LogP contribution in [0.3, 0.4) is 0 Å². The van der Waals surface area contributed by atoms with E-state index >= 15 is 0 Å². The molecule has 1 amide bonds. The van der Waals surface area contributed by atoms with Crippen LogP contribution in [0.4, 0.5) is 15.8 Å². The topological polar surface area (TPSA) is 55.1 Å². The molecule has 0 fully saturated rings. The number of anilines is 2. The Hall–Kier alpha value is -2.36. The minimum atomic E-state index is -0.585. The quantitative estimate of drug-likeness (QED) is 0.840. The van der Waals surface area contributed by atoms with E-state index in [2.05, 4.69) is 5.32 Å². The highest BCUT2D eigenvalue weighted by molar-refractivity contribution is 6.05. The van der Waals surface area contributed by atoms with Crippen LogP contribution >= 0.6 is 0 Å². The zero-order valence-electron chi connectivity index (χ0n) is 11.5. The minimum Gasteiger partial charge on any atom is -0.396 e. The van der Waals surface area contributed by atoms with E-state index in [9.17, 15) is 9.18 Å². The van der Waals surface area contributed by atoms with Crippen molar-refractivity contribution in [3.63, 3.8) is 0 Å². The standard InChI is InChI=1S/C16H17FN2O/c1-3-11-6-4-5-10(2)15(11)19-16(20)12-7-8-14(18)13(17)9-12/h4-9H,3,18H2,1-2H3,(H,19,20). The average Bonchev–Trinajstić information content (AvgIpc) is 2.44. The number of carbonyl (C=O) groups is 1. The van der Waals surface area contributed by atoms with E-state index in [1.165, 1.54) is 12.1 Å². The molecule has 20 heavy (non-hydrogen) atoms. The minimum absolute atomic E-state index is 0.0340. The SMILES string of the molecule is CCc1cccc(C)c1NC(=O)c1ccc(N)c(F)c1. The summed E-state index contributed by atoms with van der Waals surface area (Å²) >= 11 is 0. The van der Waals surface area contributed by atoms with E-state index in [-0.39, 0.29) is 17.2 Å². The molecule has 0 bridgehead atoms. The van der Waals surface area contributed by atoms with Crippen LogP contribution in [0.5, 0.6) is 0 Å². The molecule has 0 heterocycles. The lowest BCUT2D eigenvalue weighted by atomic mass is 10.1. The molecule has 0 radical (unpaired) electrons. The molecular weight excluding hydrogens is 255 g/mol. The Morgan fingerprint density at radius 1 is 1.30 bits per heavy atom. The second-order valence-corrected chi connectivity index (χ2v) is 4.65. The van der Waals surface area contributed by atoms with E-state index < -0.39 is 5.82 Å². The van der Waals surface area contributed by atoms with Gasteiger partial charge in [-0.1, -0.05) is 25.1 Å². The molecule has 0 aliphatic heterocycles. The van der Waals surface area contributed by atoms with Crippen molar-refractivity contribution in [3.8, 4) is 0 Å². The fraction of sp³-hybridized carbons (Fsp3) is 0.188. The van der Waals surface area contributed by atoms with Gasteiger partial charge in [0.15, 0.2) is 0 Å². The summed E-state index contributed by atoms with van der Waals surface area (Å²) in [5, 5.41) is 2.85. The third kappa shape index (κ3) is 2.79. The van der Waals surface area contributed by atoms with Crippen molar-refractivity contribution in [2.75, 3.05) is 11.1 Å². The highest BCUT2D eigenvalue weighted by Gasteiger charge is 2.12. The Kier molecular flexibility index (Phi) is 4.03. The number of benzene rings is 2. The van der Waals surface area contributed by atoms with E-state index in [1.807, 2.05) is 32.0 Å². The number of nitrogens with one attached hydrogen (secondary N) is 1. The van der Waals surface area contributed by atoms with Crippen LogP contribution in [0.25, 0.3) is 0 Å². The number of para-hydroxylation sites is 1. The van der Waals surface area contributed by atoms with Crippen molar-refractivity contribution < 1.29 is 9.18 Å². The largest absolute Gasteiger partial charge is 0.396 e. The average molecular weight is 272 g/mol. The van der Waals surface area contributed by atoms with Crippen molar-refractivity contribution in [1.29, 1.82) is 0 Å². The summed E-state index contributed by atoms with van der Waals surface area (Å²) in [5.41, 5.74) is 8.51. The summed E-state index contributed by atoms with van der Waals surface area (Å²) in [5.74, 6) is -0.925. The van der Waals surface area contributed by atoms with Crippen LogP contribution in [-0.4, -0.2) is 5.91 Å². The first-order chi connectivity index (χ1) is 9.52. The van der Waals surface area contributed by atoms with Gasteiger partial charge < -0.3 is 11.1 Å². The molecule has 0 atom stereocenters. The lowest BCUT2D eigenvalue weighted by Crippen LogP contribution is -2.14. The molecule has 4 heteroatoms. The molecule has 0 aliphatic carbocycles. The number of nitrogen functional groups attached to an aromatic ring is 1. The van der Waals surface area contributed by atoms with Gasteiger partial charge in [0.1, 0.15) is 5.82 Å². The lowest BCUT2D eigenvalue weighted by molar-refractivity contribution is 0.102. The zero-order chi connectivity index (χ0) is 14.7. The smallest absolute Gasteiger partial charge is 0.255 e. The van der Waals surface area contributed by atoms with E-state index in [0.29, 0.717) is 0 Å². The molecule has 0 unspecified atom stereocenters. The third-order valence-corrected chi connectivity index (χ3v) is 3.24. The number of aryl methyl sites for hydroxylation is 2. The van der Waals surface area contributed by atoms with Gasteiger partial charge >= 0.3 is 0 Å². The number of rotatable bonds is 3. The van der Waals surface area contributed by atoms with Crippen molar-refractivity contribution in [1.82, 2.24) is 0 Å². The third-order valence-electron chi connectivity index (χ3n) is 3.24. The van der Waals surface area contributed by atoms with Gasteiger partial charge in [0.2, 0.25) is 0 Å². The number of hydrogen-bond acceptors (Lipinski definition) is 2. The van der Waals surface area contributed by atoms with Gasteiger partial charge in [-0.15, -0.1) is 0 Å². The first kappa shape index (κ1) is 14.1. The predicted octanol–water partition coefficient (Wildman–Crippen LogP) is 3.53. The van der Waals surface area contributed by atoms with E-state index in [1.54, 1.807) is 0 Å². The Balaban J connectivity index is 2.30. The van der Waals surface area contributed by atoms with Gasteiger partial charge in [-0.2, -0.15) is 0 Å². The molecule has 3 nitrogen and oxygen atoms in total. The van der Waals surface area contributed by atoms with Crippen LogP contribution in [0, 0.1) is 12.7 Å². The Morgan fingerprint density at radius 2 is 2.05 bits per heavy atom. The molecular formula is C16H17FN2O.